The summed E-state index contributed by atoms with van der Waals surface area (Å²) in [7, 11) is 0. The fourth-order valence-electron chi connectivity index (χ4n) is 2.22. The van der Waals surface area contributed by atoms with Gasteiger partial charge in [-0.15, -0.1) is 0 Å². The zero-order valence-corrected chi connectivity index (χ0v) is 10.3. The third-order valence-electron chi connectivity index (χ3n) is 3.08. The Bertz CT molecular complexity index is 141. The molecule has 0 N–H and O–H groups in total. The van der Waals surface area contributed by atoms with Crippen molar-refractivity contribution in [2.24, 2.45) is 5.92 Å². The van der Waals surface area contributed by atoms with Gasteiger partial charge >= 0.3 is 0 Å². The highest BCUT2D eigenvalue weighted by Crippen LogP contribution is 2.24. The Hall–Kier alpha value is -0.0800. The molecule has 1 unspecified atom stereocenters. The highest BCUT2D eigenvalue weighted by atomic mass is 16.7. The summed E-state index contributed by atoms with van der Waals surface area (Å²) in [4.78, 5) is 0. The molecule has 0 aromatic rings. The van der Waals surface area contributed by atoms with Gasteiger partial charge < -0.3 is 9.47 Å². The van der Waals surface area contributed by atoms with Crippen LogP contribution in [-0.2, 0) is 9.47 Å². The third-order valence-corrected chi connectivity index (χ3v) is 3.08. The molecule has 2 heteroatoms. The molecule has 0 spiro atoms. The fraction of sp³-hybridized carbons (Fsp3) is 1.00. The minimum atomic E-state index is 0.0931. The largest absolute Gasteiger partial charge is 0.352 e. The van der Waals surface area contributed by atoms with Crippen molar-refractivity contribution in [3.63, 3.8) is 0 Å². The highest BCUT2D eigenvalue weighted by Gasteiger charge is 2.23. The maximum atomic E-state index is 5.70. The molecule has 0 amide bonds. The molecule has 0 saturated carbocycles. The average Bonchev–Trinajstić information content (AvgIpc) is 2.29. The maximum Gasteiger partial charge on any atom is 0.160 e. The van der Waals surface area contributed by atoms with E-state index >= 15 is 0 Å². The van der Waals surface area contributed by atoms with Crippen molar-refractivity contribution in [1.82, 2.24) is 0 Å². The Morgan fingerprint density at radius 3 is 2.33 bits per heavy atom. The van der Waals surface area contributed by atoms with Gasteiger partial charge in [0.15, 0.2) is 6.29 Å². The molecular formula is C13H26O2. The van der Waals surface area contributed by atoms with Crippen LogP contribution in [-0.4, -0.2) is 19.5 Å². The van der Waals surface area contributed by atoms with Crippen LogP contribution in [0.2, 0.25) is 0 Å². The van der Waals surface area contributed by atoms with Crippen LogP contribution in [0.25, 0.3) is 0 Å². The Kier molecular flexibility index (Phi) is 7.03. The van der Waals surface area contributed by atoms with Crippen molar-refractivity contribution >= 4 is 0 Å². The van der Waals surface area contributed by atoms with Crippen LogP contribution in [0, 0.1) is 5.92 Å². The molecule has 0 radical (unpaired) electrons. The number of unbranched alkanes of at least 4 members (excludes halogenated alkanes) is 2. The molecule has 0 aromatic carbocycles. The van der Waals surface area contributed by atoms with Gasteiger partial charge in [-0.2, -0.15) is 0 Å². The normalized spacial score (nSPS) is 20.4. The molecule has 0 aliphatic carbocycles. The Morgan fingerprint density at radius 2 is 1.73 bits per heavy atom. The van der Waals surface area contributed by atoms with E-state index in [1.165, 1.54) is 38.5 Å². The minimum absolute atomic E-state index is 0.0931. The minimum Gasteiger partial charge on any atom is -0.352 e. The predicted octanol–water partition coefficient (Wildman–Crippen LogP) is 3.75. The van der Waals surface area contributed by atoms with Gasteiger partial charge in [-0.3, -0.25) is 0 Å². The molecule has 1 aliphatic heterocycles. The van der Waals surface area contributed by atoms with Crippen LogP contribution < -0.4 is 0 Å². The molecule has 15 heavy (non-hydrogen) atoms. The van der Waals surface area contributed by atoms with Crippen molar-refractivity contribution in [3.8, 4) is 0 Å². The van der Waals surface area contributed by atoms with Gasteiger partial charge in [-0.1, -0.05) is 39.5 Å². The van der Waals surface area contributed by atoms with E-state index in [4.69, 9.17) is 9.47 Å². The lowest BCUT2D eigenvalue weighted by molar-refractivity contribution is -0.207. The maximum absolute atomic E-state index is 5.70. The van der Waals surface area contributed by atoms with Gasteiger partial charge in [-0.05, 0) is 19.3 Å². The van der Waals surface area contributed by atoms with Gasteiger partial charge in [0.2, 0.25) is 0 Å². The first kappa shape index (κ1) is 13.0. The van der Waals surface area contributed by atoms with Crippen molar-refractivity contribution in [1.29, 1.82) is 0 Å². The summed E-state index contributed by atoms with van der Waals surface area (Å²) < 4.78 is 11.4. The summed E-state index contributed by atoms with van der Waals surface area (Å²) in [5, 5.41) is 0. The predicted molar refractivity (Wildman–Crippen MR) is 62.8 cm³/mol. The Balaban J connectivity index is 2.26. The summed E-state index contributed by atoms with van der Waals surface area (Å²) in [6.07, 6.45) is 8.86. The molecule has 0 aromatic heterocycles. The first-order valence-corrected chi connectivity index (χ1v) is 6.61. The summed E-state index contributed by atoms with van der Waals surface area (Å²) in [5.41, 5.74) is 0. The SMILES string of the molecule is CCCCCC(CCC)C1OCCCO1. The molecule has 1 heterocycles. The second-order valence-corrected chi connectivity index (χ2v) is 4.51. The topological polar surface area (TPSA) is 18.5 Å². The second kappa shape index (κ2) is 8.12. The smallest absolute Gasteiger partial charge is 0.160 e. The lowest BCUT2D eigenvalue weighted by atomic mass is 9.95. The van der Waals surface area contributed by atoms with E-state index in [0.717, 1.165) is 19.6 Å². The second-order valence-electron chi connectivity index (χ2n) is 4.51. The highest BCUT2D eigenvalue weighted by molar-refractivity contribution is 4.66. The van der Waals surface area contributed by atoms with Gasteiger partial charge in [-0.25, -0.2) is 0 Å². The lowest BCUT2D eigenvalue weighted by Gasteiger charge is -2.30. The van der Waals surface area contributed by atoms with Crippen LogP contribution in [0.5, 0.6) is 0 Å². The summed E-state index contributed by atoms with van der Waals surface area (Å²) in [6, 6.07) is 0. The van der Waals surface area contributed by atoms with Crippen molar-refractivity contribution in [2.45, 2.75) is 65.1 Å². The van der Waals surface area contributed by atoms with Gasteiger partial charge in [0.25, 0.3) is 0 Å². The number of rotatable bonds is 7. The molecule has 1 fully saturated rings. The first-order chi connectivity index (χ1) is 7.38. The van der Waals surface area contributed by atoms with Crippen LogP contribution >= 0.6 is 0 Å². The summed E-state index contributed by atoms with van der Waals surface area (Å²) >= 11 is 0. The van der Waals surface area contributed by atoms with E-state index in [2.05, 4.69) is 13.8 Å². The molecule has 1 aliphatic rings. The zero-order valence-electron chi connectivity index (χ0n) is 10.3. The molecule has 1 rings (SSSR count). The van der Waals surface area contributed by atoms with Crippen LogP contribution in [0.4, 0.5) is 0 Å². The lowest BCUT2D eigenvalue weighted by Crippen LogP contribution is -2.32. The van der Waals surface area contributed by atoms with Gasteiger partial charge in [0, 0.05) is 5.92 Å². The third kappa shape index (κ3) is 4.98. The molecular weight excluding hydrogens is 188 g/mol. The Morgan fingerprint density at radius 1 is 1.00 bits per heavy atom. The molecule has 1 atom stereocenters. The molecule has 1 saturated heterocycles. The number of hydrogen-bond donors (Lipinski definition) is 0. The van der Waals surface area contributed by atoms with Gasteiger partial charge in [0.05, 0.1) is 13.2 Å². The van der Waals surface area contributed by atoms with Crippen LogP contribution in [0.1, 0.15) is 58.8 Å². The van der Waals surface area contributed by atoms with Crippen molar-refractivity contribution < 1.29 is 9.47 Å². The van der Waals surface area contributed by atoms with Crippen LogP contribution in [0.15, 0.2) is 0 Å². The van der Waals surface area contributed by atoms with E-state index in [9.17, 15) is 0 Å². The van der Waals surface area contributed by atoms with Gasteiger partial charge in [0.1, 0.15) is 0 Å². The van der Waals surface area contributed by atoms with Crippen LogP contribution in [0.3, 0.4) is 0 Å². The average molecular weight is 214 g/mol. The van der Waals surface area contributed by atoms with E-state index in [-0.39, 0.29) is 6.29 Å². The van der Waals surface area contributed by atoms with Crippen molar-refractivity contribution in [3.05, 3.63) is 0 Å². The Labute approximate surface area is 94.3 Å². The standard InChI is InChI=1S/C13H26O2/c1-3-5-6-9-12(8-4-2)13-14-10-7-11-15-13/h12-13H,3-11H2,1-2H3. The van der Waals surface area contributed by atoms with E-state index < -0.39 is 0 Å². The monoisotopic (exact) mass is 214 g/mol. The van der Waals surface area contributed by atoms with E-state index in [1.54, 1.807) is 0 Å². The number of hydrogen-bond acceptors (Lipinski definition) is 2. The first-order valence-electron chi connectivity index (χ1n) is 6.61. The molecule has 2 nitrogen and oxygen atoms in total. The van der Waals surface area contributed by atoms with E-state index in [1.807, 2.05) is 0 Å². The van der Waals surface area contributed by atoms with Crippen molar-refractivity contribution in [2.75, 3.05) is 13.2 Å². The van der Waals surface area contributed by atoms with E-state index in [0.29, 0.717) is 5.92 Å². The quantitative estimate of drug-likeness (QED) is 0.601. The fourth-order valence-corrected chi connectivity index (χ4v) is 2.22. The molecule has 90 valence electrons. The zero-order chi connectivity index (χ0) is 10.9. The number of ether oxygens (including phenoxy) is 2. The summed E-state index contributed by atoms with van der Waals surface area (Å²) in [5.74, 6) is 0.627. The molecule has 0 bridgehead atoms. The summed E-state index contributed by atoms with van der Waals surface area (Å²) in [6.45, 7) is 6.27.